The van der Waals surface area contributed by atoms with Crippen LogP contribution in [0.15, 0.2) is 12.5 Å². The highest BCUT2D eigenvalue weighted by Gasteiger charge is 2.33. The van der Waals surface area contributed by atoms with E-state index in [1.54, 1.807) is 0 Å². The van der Waals surface area contributed by atoms with Gasteiger partial charge in [-0.2, -0.15) is 0 Å². The van der Waals surface area contributed by atoms with Crippen LogP contribution in [0.4, 0.5) is 4.79 Å². The molecule has 2 rings (SSSR count). The molecule has 1 amide bonds. The quantitative estimate of drug-likeness (QED) is 0.594. The lowest BCUT2D eigenvalue weighted by Crippen LogP contribution is -2.26. The first-order valence-electron chi connectivity index (χ1n) is 3.26. The van der Waals surface area contributed by atoms with E-state index < -0.39 is 18.0 Å². The van der Waals surface area contributed by atoms with Crippen molar-refractivity contribution in [2.45, 2.75) is 6.04 Å². The van der Waals surface area contributed by atoms with Crippen molar-refractivity contribution in [1.82, 2.24) is 14.9 Å². The third-order valence-electron chi connectivity index (χ3n) is 1.70. The maximum atomic E-state index is 11.0. The monoisotopic (exact) mass is 167 g/mol. The highest BCUT2D eigenvalue weighted by molar-refractivity contribution is 5.89. The molecule has 2 N–H and O–H groups in total. The van der Waals surface area contributed by atoms with Gasteiger partial charge in [-0.05, 0) is 0 Å². The molecule has 1 unspecified atom stereocenters. The molecule has 12 heavy (non-hydrogen) atoms. The number of carboxylic acid groups (broad SMARTS) is 1. The summed E-state index contributed by atoms with van der Waals surface area (Å²) in [4.78, 5) is 25.2. The molecule has 1 aliphatic rings. The zero-order chi connectivity index (χ0) is 8.72. The summed E-state index contributed by atoms with van der Waals surface area (Å²) >= 11 is 0. The molecule has 0 aromatic carbocycles. The average Bonchev–Trinajstić information content (AvgIpc) is 2.53. The smallest absolute Gasteiger partial charge is 0.332 e. The van der Waals surface area contributed by atoms with E-state index in [-0.39, 0.29) is 0 Å². The van der Waals surface area contributed by atoms with Gasteiger partial charge in [-0.3, -0.25) is 4.57 Å². The van der Waals surface area contributed by atoms with Crippen LogP contribution in [-0.4, -0.2) is 26.7 Å². The molecule has 1 aliphatic heterocycles. The number of aromatic nitrogens is 2. The van der Waals surface area contributed by atoms with Gasteiger partial charge in [0.15, 0.2) is 6.04 Å². The Balaban J connectivity index is 2.48. The van der Waals surface area contributed by atoms with Gasteiger partial charge in [0.1, 0.15) is 6.33 Å². The Labute approximate surface area is 66.8 Å². The molecule has 1 atom stereocenters. The first kappa shape index (κ1) is 6.84. The van der Waals surface area contributed by atoms with Crippen molar-refractivity contribution in [2.24, 2.45) is 0 Å². The molecule has 62 valence electrons. The van der Waals surface area contributed by atoms with Crippen molar-refractivity contribution in [1.29, 1.82) is 0 Å². The molecule has 0 fully saturated rings. The highest BCUT2D eigenvalue weighted by atomic mass is 16.4. The number of nitrogens with one attached hydrogen (secondary N) is 1. The molecule has 0 spiro atoms. The summed E-state index contributed by atoms with van der Waals surface area (Å²) < 4.78 is 1.18. The normalized spacial score (nSPS) is 20.3. The number of imidazole rings is 1. The number of nitrogens with zero attached hydrogens (tertiary/aromatic N) is 2. The van der Waals surface area contributed by atoms with Crippen LogP contribution < -0.4 is 5.32 Å². The number of carboxylic acids is 1. The topological polar surface area (TPSA) is 84.2 Å². The van der Waals surface area contributed by atoms with Crippen molar-refractivity contribution < 1.29 is 14.7 Å². The molecule has 1 aromatic rings. The van der Waals surface area contributed by atoms with Crippen LogP contribution in [0, 0.1) is 0 Å². The fraction of sp³-hybridized carbons (Fsp3) is 0.167. The molecule has 0 saturated carbocycles. The summed E-state index contributed by atoms with van der Waals surface area (Å²) in [6.07, 6.45) is 2.64. The van der Waals surface area contributed by atoms with E-state index >= 15 is 0 Å². The Hall–Kier alpha value is -1.85. The summed E-state index contributed by atoms with van der Waals surface area (Å²) in [5.41, 5.74) is 0.368. The first-order valence-corrected chi connectivity index (χ1v) is 3.26. The second-order valence-corrected chi connectivity index (χ2v) is 2.41. The summed E-state index contributed by atoms with van der Waals surface area (Å²) in [5, 5.41) is 10.9. The van der Waals surface area contributed by atoms with Crippen LogP contribution in [0.25, 0.3) is 0 Å². The number of aliphatic carboxylic acids is 1. The standard InChI is InChI=1S/C6H5N3O3/c10-5(11)4-3-1-7-2-9(3)6(12)8-4/h1-2,4H,(H,8,12)(H,10,11). The van der Waals surface area contributed by atoms with Gasteiger partial charge >= 0.3 is 12.0 Å². The molecule has 0 aliphatic carbocycles. The van der Waals surface area contributed by atoms with Gasteiger partial charge in [0.05, 0.1) is 11.9 Å². The van der Waals surface area contributed by atoms with Gasteiger partial charge in [0.25, 0.3) is 0 Å². The highest BCUT2D eigenvalue weighted by Crippen LogP contribution is 2.18. The third-order valence-corrected chi connectivity index (χ3v) is 1.70. The number of fused-ring (bicyclic) bond motifs is 1. The fourth-order valence-electron chi connectivity index (χ4n) is 1.14. The minimum atomic E-state index is -1.08. The van der Waals surface area contributed by atoms with Crippen LogP contribution in [0.2, 0.25) is 0 Å². The van der Waals surface area contributed by atoms with Crippen LogP contribution in [0.1, 0.15) is 11.7 Å². The van der Waals surface area contributed by atoms with Gasteiger partial charge in [0.2, 0.25) is 0 Å². The molecule has 0 bridgehead atoms. The number of amides is 1. The SMILES string of the molecule is O=C(O)C1NC(=O)n2cncc21. The first-order chi connectivity index (χ1) is 5.70. The van der Waals surface area contributed by atoms with Gasteiger partial charge in [-0.25, -0.2) is 14.6 Å². The summed E-state index contributed by atoms with van der Waals surface area (Å²) in [6.45, 7) is 0. The lowest BCUT2D eigenvalue weighted by molar-refractivity contribution is -0.139. The van der Waals surface area contributed by atoms with Gasteiger partial charge in [-0.15, -0.1) is 0 Å². The average molecular weight is 167 g/mol. The van der Waals surface area contributed by atoms with Gasteiger partial charge in [0, 0.05) is 0 Å². The molecule has 6 nitrogen and oxygen atoms in total. The fourth-order valence-corrected chi connectivity index (χ4v) is 1.14. The Morgan fingerprint density at radius 3 is 3.17 bits per heavy atom. The lowest BCUT2D eigenvalue weighted by atomic mass is 10.2. The van der Waals surface area contributed by atoms with Crippen LogP contribution >= 0.6 is 0 Å². The molecule has 0 saturated heterocycles. The molecule has 1 aromatic heterocycles. The predicted octanol–water partition coefficient (Wildman–Crippen LogP) is -0.420. The Morgan fingerprint density at radius 1 is 1.75 bits per heavy atom. The molecule has 6 heteroatoms. The van der Waals surface area contributed by atoms with Crippen molar-refractivity contribution >= 4 is 12.0 Å². The summed E-state index contributed by atoms with van der Waals surface area (Å²) in [7, 11) is 0. The number of hydrogen-bond donors (Lipinski definition) is 2. The Kier molecular flexibility index (Phi) is 1.18. The minimum absolute atomic E-state index is 0.368. The number of rotatable bonds is 1. The van der Waals surface area contributed by atoms with Crippen molar-refractivity contribution in [3.63, 3.8) is 0 Å². The number of carbonyl (C=O) groups is 2. The number of carbonyl (C=O) groups excluding carboxylic acids is 1. The second kappa shape index (κ2) is 2.07. The van der Waals surface area contributed by atoms with E-state index in [4.69, 9.17) is 5.11 Å². The molecule has 0 radical (unpaired) electrons. The molecule has 2 heterocycles. The Bertz CT molecular complexity index is 357. The summed E-state index contributed by atoms with van der Waals surface area (Å²) in [5.74, 6) is -1.08. The second-order valence-electron chi connectivity index (χ2n) is 2.41. The van der Waals surface area contributed by atoms with Crippen LogP contribution in [0.5, 0.6) is 0 Å². The predicted molar refractivity (Wildman–Crippen MR) is 36.5 cm³/mol. The largest absolute Gasteiger partial charge is 0.479 e. The van der Waals surface area contributed by atoms with E-state index in [0.29, 0.717) is 5.69 Å². The maximum Gasteiger partial charge on any atom is 0.332 e. The minimum Gasteiger partial charge on any atom is -0.479 e. The van der Waals surface area contributed by atoms with Crippen molar-refractivity contribution in [3.8, 4) is 0 Å². The molecular weight excluding hydrogens is 162 g/mol. The Morgan fingerprint density at radius 2 is 2.50 bits per heavy atom. The number of hydrogen-bond acceptors (Lipinski definition) is 3. The van der Waals surface area contributed by atoms with E-state index in [1.165, 1.54) is 17.1 Å². The van der Waals surface area contributed by atoms with E-state index in [9.17, 15) is 9.59 Å². The van der Waals surface area contributed by atoms with Crippen molar-refractivity contribution in [3.05, 3.63) is 18.2 Å². The van der Waals surface area contributed by atoms with Crippen molar-refractivity contribution in [2.75, 3.05) is 0 Å². The van der Waals surface area contributed by atoms with E-state index in [1.807, 2.05) is 0 Å². The zero-order valence-corrected chi connectivity index (χ0v) is 5.89. The summed E-state index contributed by atoms with van der Waals surface area (Å²) in [6, 6.07) is -1.41. The lowest BCUT2D eigenvalue weighted by Gasteiger charge is -2.00. The molecular formula is C6H5N3O3. The maximum absolute atomic E-state index is 11.0. The third kappa shape index (κ3) is 0.714. The van der Waals surface area contributed by atoms with E-state index in [2.05, 4.69) is 10.3 Å². The van der Waals surface area contributed by atoms with Gasteiger partial charge < -0.3 is 10.4 Å². The van der Waals surface area contributed by atoms with Crippen LogP contribution in [-0.2, 0) is 4.79 Å². The van der Waals surface area contributed by atoms with Gasteiger partial charge in [-0.1, -0.05) is 0 Å². The van der Waals surface area contributed by atoms with Crippen LogP contribution in [0.3, 0.4) is 0 Å². The zero-order valence-electron chi connectivity index (χ0n) is 5.89. The van der Waals surface area contributed by atoms with E-state index in [0.717, 1.165) is 0 Å².